The Morgan fingerprint density at radius 3 is 2.00 bits per heavy atom. The number of benzene rings is 1. The summed E-state index contributed by atoms with van der Waals surface area (Å²) in [5.74, 6) is -1.90. The van der Waals surface area contributed by atoms with Crippen LogP contribution in [-0.4, -0.2) is 35.5 Å². The molecular formula is C19H26N2O4. The Morgan fingerprint density at radius 2 is 1.52 bits per heavy atom. The molecule has 1 rings (SSSR count). The van der Waals surface area contributed by atoms with Crippen LogP contribution in [-0.2, 0) is 25.6 Å². The third-order valence-electron chi connectivity index (χ3n) is 3.66. The molecule has 0 fully saturated rings. The zero-order valence-corrected chi connectivity index (χ0v) is 15.2. The average molecular weight is 346 g/mol. The topological polar surface area (TPSA) is 92.3 Å². The number of rotatable bonds is 9. The minimum atomic E-state index is -0.878. The smallest absolute Gasteiger partial charge is 0.243 e. The summed E-state index contributed by atoms with van der Waals surface area (Å²) in [6.45, 7) is 6.33. The standard InChI is InChI=1S/C19H26N2O4/c1-12(2)10-16(18(24)13(3)22)21-19(25)17(20-14(4)23)11-15-8-6-5-7-9-15/h5-9,12,16-17H,10-11H2,1-4H3,(H,20,23)(H,21,25)/t16-,17-/m0/s1. The molecule has 6 nitrogen and oxygen atoms in total. The van der Waals surface area contributed by atoms with Crippen molar-refractivity contribution in [3.63, 3.8) is 0 Å². The van der Waals surface area contributed by atoms with E-state index in [1.165, 1.54) is 13.8 Å². The zero-order valence-electron chi connectivity index (χ0n) is 15.2. The minimum absolute atomic E-state index is 0.127. The maximum Gasteiger partial charge on any atom is 0.243 e. The quantitative estimate of drug-likeness (QED) is 0.662. The molecule has 1 aromatic carbocycles. The lowest BCUT2D eigenvalue weighted by Crippen LogP contribution is -2.53. The highest BCUT2D eigenvalue weighted by atomic mass is 16.2. The van der Waals surface area contributed by atoms with Crippen LogP contribution >= 0.6 is 0 Å². The highest BCUT2D eigenvalue weighted by Crippen LogP contribution is 2.09. The van der Waals surface area contributed by atoms with Crippen molar-refractivity contribution in [3.05, 3.63) is 35.9 Å². The molecule has 0 radical (unpaired) electrons. The van der Waals surface area contributed by atoms with Gasteiger partial charge >= 0.3 is 0 Å². The molecule has 0 aliphatic heterocycles. The normalized spacial score (nSPS) is 13.0. The van der Waals surface area contributed by atoms with Gasteiger partial charge in [-0.2, -0.15) is 0 Å². The Balaban J connectivity index is 2.91. The van der Waals surface area contributed by atoms with Crippen molar-refractivity contribution in [3.8, 4) is 0 Å². The Bertz CT molecular complexity index is 626. The number of carbonyl (C=O) groups excluding carboxylic acids is 4. The van der Waals surface area contributed by atoms with Gasteiger partial charge in [-0.3, -0.25) is 19.2 Å². The molecule has 0 aromatic heterocycles. The molecule has 2 amide bonds. The second-order valence-electron chi connectivity index (χ2n) is 6.55. The van der Waals surface area contributed by atoms with Crippen molar-refractivity contribution < 1.29 is 19.2 Å². The van der Waals surface area contributed by atoms with Gasteiger partial charge in [0.25, 0.3) is 0 Å². The van der Waals surface area contributed by atoms with Crippen LogP contribution in [0.1, 0.15) is 39.7 Å². The second kappa shape index (κ2) is 9.71. The summed E-state index contributed by atoms with van der Waals surface area (Å²) < 4.78 is 0. The molecule has 0 aliphatic carbocycles. The molecule has 0 saturated heterocycles. The van der Waals surface area contributed by atoms with Crippen molar-refractivity contribution >= 4 is 23.4 Å². The molecular weight excluding hydrogens is 320 g/mol. The molecule has 2 atom stereocenters. The average Bonchev–Trinajstić information content (AvgIpc) is 2.52. The van der Waals surface area contributed by atoms with E-state index in [0.717, 1.165) is 5.56 Å². The van der Waals surface area contributed by atoms with E-state index in [4.69, 9.17) is 0 Å². The van der Waals surface area contributed by atoms with Gasteiger partial charge in [0.05, 0.1) is 6.04 Å². The Labute approximate surface area is 148 Å². The number of hydrogen-bond acceptors (Lipinski definition) is 4. The van der Waals surface area contributed by atoms with Gasteiger partial charge in [0, 0.05) is 20.3 Å². The van der Waals surface area contributed by atoms with Gasteiger partial charge in [0.1, 0.15) is 6.04 Å². The van der Waals surface area contributed by atoms with Crippen molar-refractivity contribution in [1.82, 2.24) is 10.6 Å². The summed E-state index contributed by atoms with van der Waals surface area (Å²) in [7, 11) is 0. The van der Waals surface area contributed by atoms with Crippen LogP contribution in [0.2, 0.25) is 0 Å². The second-order valence-corrected chi connectivity index (χ2v) is 6.55. The summed E-state index contributed by atoms with van der Waals surface area (Å²) in [6, 6.07) is 7.58. The van der Waals surface area contributed by atoms with E-state index in [9.17, 15) is 19.2 Å². The maximum absolute atomic E-state index is 12.6. The largest absolute Gasteiger partial charge is 0.344 e. The fourth-order valence-electron chi connectivity index (χ4n) is 2.53. The zero-order chi connectivity index (χ0) is 19.0. The Kier molecular flexibility index (Phi) is 7.98. The molecule has 0 heterocycles. The van der Waals surface area contributed by atoms with Crippen molar-refractivity contribution in [2.45, 2.75) is 52.6 Å². The van der Waals surface area contributed by atoms with Gasteiger partial charge in [0.2, 0.25) is 17.6 Å². The van der Waals surface area contributed by atoms with Gasteiger partial charge in [0.15, 0.2) is 5.78 Å². The lowest BCUT2D eigenvalue weighted by molar-refractivity contribution is -0.138. The highest BCUT2D eigenvalue weighted by Gasteiger charge is 2.28. The number of hydrogen-bond donors (Lipinski definition) is 2. The molecule has 25 heavy (non-hydrogen) atoms. The first-order valence-corrected chi connectivity index (χ1v) is 8.36. The first-order valence-electron chi connectivity index (χ1n) is 8.36. The van der Waals surface area contributed by atoms with E-state index in [1.54, 1.807) is 0 Å². The monoisotopic (exact) mass is 346 g/mol. The lowest BCUT2D eigenvalue weighted by Gasteiger charge is -2.23. The molecule has 0 bridgehead atoms. The predicted octanol–water partition coefficient (Wildman–Crippen LogP) is 1.42. The number of ketones is 2. The van der Waals surface area contributed by atoms with E-state index < -0.39 is 29.6 Å². The molecule has 136 valence electrons. The molecule has 1 aromatic rings. The van der Waals surface area contributed by atoms with E-state index >= 15 is 0 Å². The fraction of sp³-hybridized carbons (Fsp3) is 0.474. The summed E-state index contributed by atoms with van der Waals surface area (Å²) in [5, 5.41) is 5.24. The minimum Gasteiger partial charge on any atom is -0.344 e. The van der Waals surface area contributed by atoms with Crippen LogP contribution in [0.25, 0.3) is 0 Å². The Morgan fingerprint density at radius 1 is 0.920 bits per heavy atom. The highest BCUT2D eigenvalue weighted by molar-refractivity contribution is 6.38. The van der Waals surface area contributed by atoms with E-state index in [-0.39, 0.29) is 11.8 Å². The van der Waals surface area contributed by atoms with Crippen molar-refractivity contribution in [2.75, 3.05) is 0 Å². The number of nitrogens with one attached hydrogen (secondary N) is 2. The number of carbonyl (C=O) groups is 4. The molecule has 0 unspecified atom stereocenters. The van der Waals surface area contributed by atoms with Crippen LogP contribution in [0.5, 0.6) is 0 Å². The molecule has 6 heteroatoms. The van der Waals surface area contributed by atoms with Gasteiger partial charge < -0.3 is 10.6 Å². The first kappa shape index (κ1) is 20.5. The SMILES string of the molecule is CC(=O)N[C@@H](Cc1ccccc1)C(=O)N[C@@H](CC(C)C)C(=O)C(C)=O. The first-order chi connectivity index (χ1) is 11.7. The van der Waals surface area contributed by atoms with Gasteiger partial charge in [-0.1, -0.05) is 44.2 Å². The summed E-state index contributed by atoms with van der Waals surface area (Å²) >= 11 is 0. The van der Waals surface area contributed by atoms with Crippen LogP contribution < -0.4 is 10.6 Å². The molecule has 2 N–H and O–H groups in total. The lowest BCUT2D eigenvalue weighted by atomic mass is 9.97. The molecule has 0 spiro atoms. The van der Waals surface area contributed by atoms with Gasteiger partial charge in [-0.15, -0.1) is 0 Å². The van der Waals surface area contributed by atoms with Gasteiger partial charge in [-0.05, 0) is 17.9 Å². The van der Waals surface area contributed by atoms with Crippen LogP contribution in [0.3, 0.4) is 0 Å². The molecule has 0 aliphatic rings. The third-order valence-corrected chi connectivity index (χ3v) is 3.66. The maximum atomic E-state index is 12.6. The summed E-state index contributed by atoms with van der Waals surface area (Å²) in [5.41, 5.74) is 0.884. The van der Waals surface area contributed by atoms with Gasteiger partial charge in [-0.25, -0.2) is 0 Å². The molecule has 0 saturated carbocycles. The van der Waals surface area contributed by atoms with Crippen molar-refractivity contribution in [1.29, 1.82) is 0 Å². The van der Waals surface area contributed by atoms with E-state index in [0.29, 0.717) is 12.8 Å². The van der Waals surface area contributed by atoms with Crippen LogP contribution in [0.15, 0.2) is 30.3 Å². The van der Waals surface area contributed by atoms with Crippen LogP contribution in [0, 0.1) is 5.92 Å². The van der Waals surface area contributed by atoms with Crippen LogP contribution in [0.4, 0.5) is 0 Å². The van der Waals surface area contributed by atoms with E-state index in [2.05, 4.69) is 10.6 Å². The number of Topliss-reactive ketones (excluding diaryl/α,β-unsaturated/α-hetero) is 2. The predicted molar refractivity (Wildman–Crippen MR) is 94.8 cm³/mol. The van der Waals surface area contributed by atoms with Crippen molar-refractivity contribution in [2.24, 2.45) is 5.92 Å². The fourth-order valence-corrected chi connectivity index (χ4v) is 2.53. The van der Waals surface area contributed by atoms with E-state index in [1.807, 2.05) is 44.2 Å². The summed E-state index contributed by atoms with van der Waals surface area (Å²) in [4.78, 5) is 47.5. The summed E-state index contributed by atoms with van der Waals surface area (Å²) in [6.07, 6.45) is 0.664. The number of amides is 2. The third kappa shape index (κ3) is 7.28. The Hall–Kier alpha value is -2.50.